The predicted molar refractivity (Wildman–Crippen MR) is 65.0 cm³/mol. The van der Waals surface area contributed by atoms with Crippen molar-refractivity contribution in [3.8, 4) is 0 Å². The molecule has 2 heterocycles. The van der Waals surface area contributed by atoms with Crippen LogP contribution in [-0.4, -0.2) is 9.55 Å². The molecule has 2 aliphatic rings. The Bertz CT molecular complexity index is 698. The summed E-state index contributed by atoms with van der Waals surface area (Å²) in [5, 5.41) is 0. The lowest BCUT2D eigenvalue weighted by Gasteiger charge is -2.15. The van der Waals surface area contributed by atoms with Crippen LogP contribution in [0.4, 0.5) is 8.78 Å². The molecule has 1 N–H and O–H groups in total. The molecule has 1 fully saturated rings. The number of aromatic amines is 1. The maximum Gasteiger partial charge on any atom is 0.177 e. The van der Waals surface area contributed by atoms with E-state index in [0.29, 0.717) is 11.3 Å². The minimum atomic E-state index is -0.446. The Morgan fingerprint density at radius 3 is 2.72 bits per heavy atom. The van der Waals surface area contributed by atoms with Gasteiger partial charge in [-0.3, -0.25) is 0 Å². The molecule has 5 heteroatoms. The molecule has 0 saturated heterocycles. The summed E-state index contributed by atoms with van der Waals surface area (Å²) < 4.78 is 30.4. The van der Waals surface area contributed by atoms with Gasteiger partial charge in [-0.1, -0.05) is 6.07 Å². The summed E-state index contributed by atoms with van der Waals surface area (Å²) in [6.07, 6.45) is 2.66. The van der Waals surface area contributed by atoms with Crippen molar-refractivity contribution >= 4 is 12.2 Å². The molecule has 2 aromatic rings. The van der Waals surface area contributed by atoms with Crippen LogP contribution < -0.4 is 0 Å². The molecule has 18 heavy (non-hydrogen) atoms. The van der Waals surface area contributed by atoms with Crippen LogP contribution in [-0.2, 0) is 12.0 Å². The molecule has 1 aromatic heterocycles. The van der Waals surface area contributed by atoms with Gasteiger partial charge in [-0.2, -0.15) is 0 Å². The lowest BCUT2D eigenvalue weighted by molar-refractivity contribution is 0.487. The zero-order valence-corrected chi connectivity index (χ0v) is 10.2. The normalized spacial score (nSPS) is 28.0. The third kappa shape index (κ3) is 1.08. The van der Waals surface area contributed by atoms with Gasteiger partial charge >= 0.3 is 0 Å². The number of rotatable bonds is 1. The monoisotopic (exact) mass is 264 g/mol. The Balaban J connectivity index is 1.89. The third-order valence-corrected chi connectivity index (χ3v) is 4.57. The van der Waals surface area contributed by atoms with Crippen molar-refractivity contribution in [1.82, 2.24) is 9.55 Å². The number of hydrogen-bond acceptors (Lipinski definition) is 1. The Kier molecular flexibility index (Phi) is 1.79. The van der Waals surface area contributed by atoms with Crippen LogP contribution in [0.3, 0.4) is 0 Å². The van der Waals surface area contributed by atoms with E-state index in [-0.39, 0.29) is 11.5 Å². The second-order valence-electron chi connectivity index (χ2n) is 5.11. The van der Waals surface area contributed by atoms with Gasteiger partial charge in [0.2, 0.25) is 0 Å². The van der Waals surface area contributed by atoms with Gasteiger partial charge in [0.05, 0.1) is 0 Å². The Hall–Kier alpha value is -1.49. The van der Waals surface area contributed by atoms with E-state index in [1.165, 1.54) is 18.2 Å². The Morgan fingerprint density at radius 1 is 1.33 bits per heavy atom. The average Bonchev–Trinajstić information content (AvgIpc) is 2.77. The van der Waals surface area contributed by atoms with Crippen LogP contribution in [0.1, 0.15) is 23.6 Å². The number of H-pyrrole nitrogens is 1. The number of nitrogens with zero attached hydrogens (tertiary/aromatic N) is 1. The maximum atomic E-state index is 13.9. The average molecular weight is 264 g/mol. The highest BCUT2D eigenvalue weighted by Crippen LogP contribution is 2.66. The van der Waals surface area contributed by atoms with Crippen LogP contribution in [0, 0.1) is 16.4 Å². The van der Waals surface area contributed by atoms with Gasteiger partial charge in [0, 0.05) is 35.3 Å². The smallest absolute Gasteiger partial charge is 0.177 e. The first-order valence-corrected chi connectivity index (χ1v) is 6.27. The van der Waals surface area contributed by atoms with Gasteiger partial charge in [-0.15, -0.1) is 0 Å². The van der Waals surface area contributed by atoms with Crippen molar-refractivity contribution < 1.29 is 8.78 Å². The number of nitrogens with one attached hydrogen (secondary N) is 1. The SMILES string of the molecule is Fc1cccc(F)c1[C@]12C[C@H]1c1c[nH]c(=S)n1C2. The summed E-state index contributed by atoms with van der Waals surface area (Å²) in [5.41, 5.74) is 0.892. The second kappa shape index (κ2) is 3.09. The van der Waals surface area contributed by atoms with Crippen LogP contribution in [0.2, 0.25) is 0 Å². The molecular formula is C13H10F2N2S. The summed E-state index contributed by atoms with van der Waals surface area (Å²) in [7, 11) is 0. The highest BCUT2D eigenvalue weighted by molar-refractivity contribution is 7.71. The van der Waals surface area contributed by atoms with Crippen molar-refractivity contribution in [2.45, 2.75) is 24.3 Å². The summed E-state index contributed by atoms with van der Waals surface area (Å²) in [6, 6.07) is 4.07. The van der Waals surface area contributed by atoms with Crippen LogP contribution in [0.15, 0.2) is 24.4 Å². The lowest BCUT2D eigenvalue weighted by Crippen LogP contribution is -2.16. The predicted octanol–water partition coefficient (Wildman–Crippen LogP) is 3.26. The first-order valence-electron chi connectivity index (χ1n) is 5.86. The zero-order chi connectivity index (χ0) is 12.5. The lowest BCUT2D eigenvalue weighted by atomic mass is 9.93. The number of aromatic nitrogens is 2. The minimum absolute atomic E-state index is 0.192. The fourth-order valence-electron chi connectivity index (χ4n) is 3.34. The number of halogens is 2. The van der Waals surface area contributed by atoms with Gasteiger partial charge in [0.1, 0.15) is 11.6 Å². The van der Waals surface area contributed by atoms with E-state index in [1.807, 2.05) is 10.8 Å². The van der Waals surface area contributed by atoms with Crippen molar-refractivity contribution in [1.29, 1.82) is 0 Å². The van der Waals surface area contributed by atoms with E-state index < -0.39 is 17.0 Å². The van der Waals surface area contributed by atoms with Gasteiger partial charge < -0.3 is 9.55 Å². The number of benzene rings is 1. The fraction of sp³-hybridized carbons (Fsp3) is 0.308. The summed E-state index contributed by atoms with van der Waals surface area (Å²) in [4.78, 5) is 2.98. The third-order valence-electron chi connectivity index (χ3n) is 4.23. The number of hydrogen-bond donors (Lipinski definition) is 1. The van der Waals surface area contributed by atoms with Gasteiger partial charge in [-0.25, -0.2) is 8.78 Å². The van der Waals surface area contributed by atoms with E-state index >= 15 is 0 Å². The first-order chi connectivity index (χ1) is 8.63. The van der Waals surface area contributed by atoms with Gasteiger partial charge in [0.15, 0.2) is 4.77 Å². The quantitative estimate of drug-likeness (QED) is 0.784. The van der Waals surface area contributed by atoms with E-state index in [4.69, 9.17) is 12.2 Å². The van der Waals surface area contributed by atoms with E-state index in [2.05, 4.69) is 4.98 Å². The molecule has 1 aliphatic carbocycles. The Morgan fingerprint density at radius 2 is 2.06 bits per heavy atom. The molecule has 0 amide bonds. The van der Waals surface area contributed by atoms with E-state index in [0.717, 1.165) is 12.1 Å². The van der Waals surface area contributed by atoms with Crippen molar-refractivity contribution in [3.63, 3.8) is 0 Å². The molecule has 1 aromatic carbocycles. The van der Waals surface area contributed by atoms with Crippen LogP contribution in [0.25, 0.3) is 0 Å². The standard InChI is InChI=1S/C13H10F2N2S/c14-8-2-1-3-9(15)11(8)13-4-7(13)10-5-16-12(18)17(10)6-13/h1-3,5,7H,4,6H2,(H,16,18)/t7-,13-/m0/s1. The second-order valence-corrected chi connectivity index (χ2v) is 5.50. The van der Waals surface area contributed by atoms with Crippen molar-refractivity contribution in [3.05, 3.63) is 52.1 Å². The maximum absolute atomic E-state index is 13.9. The molecule has 4 rings (SSSR count). The molecule has 0 spiro atoms. The van der Waals surface area contributed by atoms with Gasteiger partial charge in [-0.05, 0) is 30.8 Å². The number of imidazole rings is 1. The minimum Gasteiger partial charge on any atom is -0.337 e. The summed E-state index contributed by atoms with van der Waals surface area (Å²) in [5.74, 6) is -0.701. The molecular weight excluding hydrogens is 254 g/mol. The largest absolute Gasteiger partial charge is 0.337 e. The summed E-state index contributed by atoms with van der Waals surface area (Å²) in [6.45, 7) is 0.577. The summed E-state index contributed by atoms with van der Waals surface area (Å²) >= 11 is 5.17. The van der Waals surface area contributed by atoms with E-state index in [9.17, 15) is 8.78 Å². The molecule has 0 radical (unpaired) electrons. The van der Waals surface area contributed by atoms with Crippen molar-refractivity contribution in [2.24, 2.45) is 0 Å². The van der Waals surface area contributed by atoms with E-state index in [1.54, 1.807) is 0 Å². The molecule has 1 aliphatic heterocycles. The molecule has 2 atom stereocenters. The molecule has 0 bridgehead atoms. The number of fused-ring (bicyclic) bond motifs is 3. The topological polar surface area (TPSA) is 20.7 Å². The highest BCUT2D eigenvalue weighted by Gasteiger charge is 2.63. The molecule has 0 unspecified atom stereocenters. The van der Waals surface area contributed by atoms with Crippen LogP contribution >= 0.6 is 12.2 Å². The zero-order valence-electron chi connectivity index (χ0n) is 9.41. The van der Waals surface area contributed by atoms with Crippen LogP contribution in [0.5, 0.6) is 0 Å². The first kappa shape index (κ1) is 10.4. The molecule has 92 valence electrons. The van der Waals surface area contributed by atoms with Gasteiger partial charge in [0.25, 0.3) is 0 Å². The molecule has 1 saturated carbocycles. The fourth-order valence-corrected chi connectivity index (χ4v) is 3.57. The highest BCUT2D eigenvalue weighted by atomic mass is 32.1. The molecule has 2 nitrogen and oxygen atoms in total. The van der Waals surface area contributed by atoms with Crippen molar-refractivity contribution in [2.75, 3.05) is 0 Å². The Labute approximate surface area is 107 Å².